The molecule has 2 aliphatic rings. The molecule has 0 atom stereocenters. The topological polar surface area (TPSA) is 96.9 Å². The van der Waals surface area contributed by atoms with Gasteiger partial charge in [-0.15, -0.1) is 0 Å². The number of benzene rings is 1. The van der Waals surface area contributed by atoms with E-state index in [2.05, 4.69) is 10.1 Å². The van der Waals surface area contributed by atoms with Crippen LogP contribution in [0.15, 0.2) is 35.0 Å². The van der Waals surface area contributed by atoms with E-state index >= 15 is 0 Å². The Labute approximate surface area is 223 Å². The molecular formula is C25H27F3N6O3S. The second-order valence-corrected chi connectivity index (χ2v) is 10.1. The Hall–Kier alpha value is -3.50. The molecule has 38 heavy (non-hydrogen) atoms. The van der Waals surface area contributed by atoms with Crippen molar-refractivity contribution in [2.24, 2.45) is 0 Å². The summed E-state index contributed by atoms with van der Waals surface area (Å²) in [4.78, 5) is 32.4. The fourth-order valence-corrected chi connectivity index (χ4v) is 5.21. The van der Waals surface area contributed by atoms with E-state index in [-0.39, 0.29) is 22.5 Å². The predicted molar refractivity (Wildman–Crippen MR) is 135 cm³/mol. The molecule has 2 aromatic rings. The molecule has 3 heterocycles. The van der Waals surface area contributed by atoms with Crippen molar-refractivity contribution < 1.29 is 27.3 Å². The number of halogens is 3. The van der Waals surface area contributed by atoms with E-state index in [1.165, 1.54) is 12.3 Å². The number of anilines is 1. The lowest BCUT2D eigenvalue weighted by molar-refractivity contribution is -0.137. The summed E-state index contributed by atoms with van der Waals surface area (Å²) < 4.78 is 45.4. The summed E-state index contributed by atoms with van der Waals surface area (Å²) in [5, 5.41) is 12.8. The van der Waals surface area contributed by atoms with Gasteiger partial charge in [0.1, 0.15) is 5.54 Å². The highest BCUT2D eigenvalue weighted by molar-refractivity contribution is 7.80. The van der Waals surface area contributed by atoms with E-state index in [4.69, 9.17) is 22.0 Å². The monoisotopic (exact) mass is 548 g/mol. The van der Waals surface area contributed by atoms with Crippen LogP contribution in [0.3, 0.4) is 0 Å². The molecule has 2 aliphatic heterocycles. The molecule has 0 aliphatic carbocycles. The van der Waals surface area contributed by atoms with E-state index < -0.39 is 28.7 Å². The first-order valence-electron chi connectivity index (χ1n) is 12.1. The molecule has 2 fully saturated rings. The minimum absolute atomic E-state index is 0.0142. The SMILES string of the molecule is CC1(C)C(=O)N(c2ccc(C#N)c(C(F)(F)F)c2)C(=S)N1CCCCN1CCN(C(=O)c2ccno2)CC1. The van der Waals surface area contributed by atoms with Gasteiger partial charge in [-0.1, -0.05) is 5.16 Å². The number of unbranched alkanes of at least 4 members (excludes halogenated alkanes) is 1. The highest BCUT2D eigenvalue weighted by Gasteiger charge is 2.49. The largest absolute Gasteiger partial charge is 0.417 e. The van der Waals surface area contributed by atoms with Crippen LogP contribution in [-0.4, -0.2) is 81.6 Å². The number of hydrogen-bond acceptors (Lipinski definition) is 7. The average Bonchev–Trinajstić information content (AvgIpc) is 3.47. The van der Waals surface area contributed by atoms with Crippen LogP contribution in [0, 0.1) is 11.3 Å². The van der Waals surface area contributed by atoms with Crippen molar-refractivity contribution >= 4 is 34.8 Å². The molecule has 0 N–H and O–H groups in total. The Morgan fingerprint density at radius 1 is 1.16 bits per heavy atom. The van der Waals surface area contributed by atoms with E-state index in [9.17, 15) is 22.8 Å². The van der Waals surface area contributed by atoms with Crippen molar-refractivity contribution in [1.82, 2.24) is 19.9 Å². The van der Waals surface area contributed by atoms with E-state index in [0.717, 1.165) is 43.1 Å². The van der Waals surface area contributed by atoms with Crippen LogP contribution in [0.4, 0.5) is 18.9 Å². The van der Waals surface area contributed by atoms with Gasteiger partial charge < -0.3 is 14.3 Å². The molecular weight excluding hydrogens is 521 g/mol. The normalized spacial score (nSPS) is 18.3. The summed E-state index contributed by atoms with van der Waals surface area (Å²) in [6.07, 6.45) is -1.78. The van der Waals surface area contributed by atoms with Crippen LogP contribution >= 0.6 is 12.2 Å². The maximum Gasteiger partial charge on any atom is 0.417 e. The summed E-state index contributed by atoms with van der Waals surface area (Å²) in [7, 11) is 0. The number of carbonyl (C=O) groups excluding carboxylic acids is 2. The number of hydrogen-bond donors (Lipinski definition) is 0. The van der Waals surface area contributed by atoms with E-state index in [1.54, 1.807) is 35.8 Å². The zero-order valence-electron chi connectivity index (χ0n) is 21.0. The predicted octanol–water partition coefficient (Wildman–Crippen LogP) is 3.52. The summed E-state index contributed by atoms with van der Waals surface area (Å²) in [6.45, 7) is 7.25. The summed E-state index contributed by atoms with van der Waals surface area (Å²) in [6, 6.07) is 6.26. The van der Waals surface area contributed by atoms with Crippen molar-refractivity contribution in [3.8, 4) is 6.07 Å². The fourth-order valence-electron chi connectivity index (χ4n) is 4.70. The number of thiocarbonyl (C=S) groups is 1. The van der Waals surface area contributed by atoms with Crippen molar-refractivity contribution in [2.45, 2.75) is 38.4 Å². The Morgan fingerprint density at radius 2 is 1.84 bits per heavy atom. The second kappa shape index (κ2) is 10.7. The Bertz CT molecular complexity index is 1250. The third kappa shape index (κ3) is 5.37. The molecule has 0 bridgehead atoms. The first-order valence-corrected chi connectivity index (χ1v) is 12.6. The fraction of sp³-hybridized carbons (Fsp3) is 0.480. The van der Waals surface area contributed by atoms with Gasteiger partial charge in [0, 0.05) is 38.8 Å². The second-order valence-electron chi connectivity index (χ2n) is 9.69. The Morgan fingerprint density at radius 3 is 2.45 bits per heavy atom. The quantitative estimate of drug-likeness (QED) is 0.383. The molecule has 1 aromatic heterocycles. The maximum atomic E-state index is 13.5. The van der Waals surface area contributed by atoms with Gasteiger partial charge in [0.25, 0.3) is 11.8 Å². The lowest BCUT2D eigenvalue weighted by atomic mass is 10.0. The molecule has 0 radical (unpaired) electrons. The van der Waals surface area contributed by atoms with Crippen LogP contribution in [0.1, 0.15) is 48.4 Å². The summed E-state index contributed by atoms with van der Waals surface area (Å²) in [5.74, 6) is -0.375. The molecule has 202 valence electrons. The van der Waals surface area contributed by atoms with Gasteiger partial charge in [-0.3, -0.25) is 19.4 Å². The smallest absolute Gasteiger partial charge is 0.351 e. The van der Waals surface area contributed by atoms with Gasteiger partial charge in [0.05, 0.1) is 29.1 Å². The Balaban J connectivity index is 1.33. The van der Waals surface area contributed by atoms with Crippen molar-refractivity contribution in [3.63, 3.8) is 0 Å². The van der Waals surface area contributed by atoms with Gasteiger partial charge in [-0.05, 0) is 63.7 Å². The molecule has 4 rings (SSSR count). The average molecular weight is 549 g/mol. The number of alkyl halides is 3. The van der Waals surface area contributed by atoms with Gasteiger partial charge in [0.15, 0.2) is 5.11 Å². The van der Waals surface area contributed by atoms with Crippen LogP contribution in [0.25, 0.3) is 0 Å². The molecule has 0 unspecified atom stereocenters. The molecule has 9 nitrogen and oxygen atoms in total. The third-order valence-electron chi connectivity index (χ3n) is 6.92. The molecule has 0 saturated carbocycles. The molecule has 13 heteroatoms. The number of nitrogens with zero attached hydrogens (tertiary/aromatic N) is 6. The first-order chi connectivity index (χ1) is 17.9. The maximum absolute atomic E-state index is 13.5. The van der Waals surface area contributed by atoms with Crippen LogP contribution in [-0.2, 0) is 11.0 Å². The number of nitriles is 1. The lowest BCUT2D eigenvalue weighted by Crippen LogP contribution is -2.49. The lowest BCUT2D eigenvalue weighted by Gasteiger charge is -2.34. The minimum atomic E-state index is -4.74. The number of rotatable bonds is 7. The first kappa shape index (κ1) is 27.5. The van der Waals surface area contributed by atoms with Gasteiger partial charge in [-0.2, -0.15) is 18.4 Å². The standard InChI is InChI=1S/C25H27F3N6O3S/c1-24(2)22(36)34(18-6-5-17(16-29)19(15-18)25(26,27)28)23(38)33(24)10-4-3-9-31-11-13-32(14-12-31)21(35)20-7-8-30-37-20/h5-8,15H,3-4,9-14H2,1-2H3. The highest BCUT2D eigenvalue weighted by atomic mass is 32.1. The van der Waals surface area contributed by atoms with Crippen LogP contribution in [0.5, 0.6) is 0 Å². The van der Waals surface area contributed by atoms with Gasteiger partial charge in [0.2, 0.25) is 5.76 Å². The van der Waals surface area contributed by atoms with Crippen molar-refractivity contribution in [2.75, 3.05) is 44.2 Å². The van der Waals surface area contributed by atoms with E-state index in [1.807, 2.05) is 0 Å². The Kier molecular flexibility index (Phi) is 7.75. The van der Waals surface area contributed by atoms with E-state index in [0.29, 0.717) is 26.1 Å². The summed E-state index contributed by atoms with van der Waals surface area (Å²) >= 11 is 5.54. The highest BCUT2D eigenvalue weighted by Crippen LogP contribution is 2.38. The number of carbonyl (C=O) groups is 2. The zero-order chi connectivity index (χ0) is 27.7. The third-order valence-corrected chi connectivity index (χ3v) is 7.33. The van der Waals surface area contributed by atoms with Crippen molar-refractivity contribution in [3.05, 3.63) is 47.3 Å². The molecule has 2 amide bonds. The van der Waals surface area contributed by atoms with Crippen molar-refractivity contribution in [1.29, 1.82) is 5.26 Å². The molecule has 1 aromatic carbocycles. The molecule has 2 saturated heterocycles. The van der Waals surface area contributed by atoms with Gasteiger partial charge >= 0.3 is 6.18 Å². The van der Waals surface area contributed by atoms with Crippen LogP contribution in [0.2, 0.25) is 0 Å². The molecule has 0 spiro atoms. The van der Waals surface area contributed by atoms with Crippen LogP contribution < -0.4 is 4.90 Å². The number of aromatic nitrogens is 1. The zero-order valence-corrected chi connectivity index (χ0v) is 21.8. The summed E-state index contributed by atoms with van der Waals surface area (Å²) in [5.41, 5.74) is -2.67. The van der Waals surface area contributed by atoms with Gasteiger partial charge in [-0.25, -0.2) is 0 Å². The minimum Gasteiger partial charge on any atom is -0.351 e. The number of piperazine rings is 1. The number of amides is 2.